The number of hydrogen-bond acceptors (Lipinski definition) is 0. The number of hydrogen-bond donors (Lipinski definition) is 0. The van der Waals surface area contributed by atoms with Crippen LogP contribution in [0.15, 0.2) is 0 Å². The molecule has 8 heavy (non-hydrogen) atoms. The minimum absolute atomic E-state index is 0.135. The van der Waals surface area contributed by atoms with Crippen molar-refractivity contribution in [2.75, 3.05) is 0 Å². The third kappa shape index (κ3) is 5.99. The van der Waals surface area contributed by atoms with Gasteiger partial charge in [0.1, 0.15) is 0 Å². The van der Waals surface area contributed by atoms with Crippen molar-refractivity contribution in [3.63, 3.8) is 0 Å². The maximum absolute atomic E-state index is 11.4. The molecular weight excluding hydrogens is 102 g/mol. The fourth-order valence-electron chi connectivity index (χ4n) is 0.698. The highest BCUT2D eigenvalue weighted by Gasteiger charge is 1.87. The smallest absolute Gasteiger partial charge is 0.331 e. The second-order valence-corrected chi connectivity index (χ2v) is 2.10. The molecule has 0 aromatic carbocycles. The van der Waals surface area contributed by atoms with Crippen molar-refractivity contribution in [2.24, 2.45) is 0 Å². The van der Waals surface area contributed by atoms with Crippen molar-refractivity contribution in [3.05, 3.63) is 0 Å². The van der Waals surface area contributed by atoms with Crippen LogP contribution in [0, 0.1) is 0 Å². The monoisotopic (exact) mass is 116 g/mol. The van der Waals surface area contributed by atoms with Gasteiger partial charge in [-0.1, -0.05) is 32.6 Å². The molecule has 0 aliphatic carbocycles. The molecule has 0 aliphatic heterocycles. The van der Waals surface area contributed by atoms with Crippen LogP contribution in [0.4, 0.5) is 4.32 Å². The minimum Gasteiger partial charge on any atom is -0.341 e. The van der Waals surface area contributed by atoms with Gasteiger partial charge in [-0.15, -0.1) is 0 Å². The predicted molar refractivity (Wildman–Crippen MR) is 37.2 cm³/mol. The second-order valence-electron chi connectivity index (χ2n) is 2.10. The standard InChI is InChI=1S/C6H14BF/c1-2-3-4-5-6-7-8/h7H,2-6H2,1H3. The van der Waals surface area contributed by atoms with E-state index in [9.17, 15) is 4.32 Å². The first-order valence-electron chi connectivity index (χ1n) is 3.47. The van der Waals surface area contributed by atoms with Crippen LogP contribution in [0.3, 0.4) is 0 Å². The van der Waals surface area contributed by atoms with E-state index in [-0.39, 0.29) is 7.56 Å². The van der Waals surface area contributed by atoms with Gasteiger partial charge >= 0.3 is 7.56 Å². The minimum atomic E-state index is -0.135. The average molecular weight is 116 g/mol. The van der Waals surface area contributed by atoms with Crippen molar-refractivity contribution in [1.82, 2.24) is 0 Å². The Morgan fingerprint density at radius 1 is 1.25 bits per heavy atom. The average Bonchev–Trinajstić information content (AvgIpc) is 1.81. The van der Waals surface area contributed by atoms with E-state index in [0.717, 1.165) is 12.7 Å². The summed E-state index contributed by atoms with van der Waals surface area (Å²) in [4.78, 5) is 0. The van der Waals surface area contributed by atoms with Crippen molar-refractivity contribution in [2.45, 2.75) is 38.9 Å². The van der Waals surface area contributed by atoms with E-state index in [4.69, 9.17) is 0 Å². The number of halogens is 1. The summed E-state index contributed by atoms with van der Waals surface area (Å²) in [6.45, 7) is 2.16. The first-order chi connectivity index (χ1) is 3.91. The van der Waals surface area contributed by atoms with Crippen LogP contribution in [0.25, 0.3) is 0 Å². The van der Waals surface area contributed by atoms with Crippen molar-refractivity contribution >= 4 is 7.56 Å². The molecule has 0 saturated heterocycles. The molecule has 0 N–H and O–H groups in total. The lowest BCUT2D eigenvalue weighted by Crippen LogP contribution is -1.79. The Labute approximate surface area is 51.8 Å². The van der Waals surface area contributed by atoms with Gasteiger partial charge in [0.2, 0.25) is 0 Å². The second kappa shape index (κ2) is 6.99. The molecule has 0 amide bonds. The zero-order valence-electron chi connectivity index (χ0n) is 5.62. The normalized spacial score (nSPS) is 9.25. The van der Waals surface area contributed by atoms with Gasteiger partial charge in [-0.2, -0.15) is 0 Å². The van der Waals surface area contributed by atoms with E-state index in [1.165, 1.54) is 19.3 Å². The van der Waals surface area contributed by atoms with Crippen LogP contribution in [0.2, 0.25) is 6.32 Å². The highest BCUT2D eigenvalue weighted by atomic mass is 19.1. The Bertz CT molecular complexity index is 33.5. The predicted octanol–water partition coefficient (Wildman–Crippen LogP) is 2.31. The maximum Gasteiger partial charge on any atom is 0.331 e. The summed E-state index contributed by atoms with van der Waals surface area (Å²) in [6, 6.07) is 0. The lowest BCUT2D eigenvalue weighted by atomic mass is 9.94. The highest BCUT2D eigenvalue weighted by Crippen LogP contribution is 2.01. The van der Waals surface area contributed by atoms with Gasteiger partial charge in [0.15, 0.2) is 0 Å². The van der Waals surface area contributed by atoms with E-state index in [1.807, 2.05) is 0 Å². The van der Waals surface area contributed by atoms with Crippen molar-refractivity contribution < 1.29 is 4.32 Å². The lowest BCUT2D eigenvalue weighted by molar-refractivity contribution is 0.691. The largest absolute Gasteiger partial charge is 0.341 e. The molecule has 0 nitrogen and oxygen atoms in total. The van der Waals surface area contributed by atoms with Crippen LogP contribution in [0.5, 0.6) is 0 Å². The molecule has 0 rings (SSSR count). The van der Waals surface area contributed by atoms with Gasteiger partial charge in [0.05, 0.1) is 0 Å². The zero-order chi connectivity index (χ0) is 6.24. The third-order valence-electron chi connectivity index (χ3n) is 1.24. The molecule has 0 unspecified atom stereocenters. The molecule has 0 bridgehead atoms. The summed E-state index contributed by atoms with van der Waals surface area (Å²) in [5.41, 5.74) is 0. The maximum atomic E-state index is 11.4. The molecule has 48 valence electrons. The summed E-state index contributed by atoms with van der Waals surface area (Å²) in [5.74, 6) is 0. The fraction of sp³-hybridized carbons (Fsp3) is 1.00. The molecule has 0 spiro atoms. The molecule has 0 aromatic rings. The van der Waals surface area contributed by atoms with E-state index in [2.05, 4.69) is 6.92 Å². The van der Waals surface area contributed by atoms with E-state index < -0.39 is 0 Å². The van der Waals surface area contributed by atoms with Crippen LogP contribution in [0.1, 0.15) is 32.6 Å². The first-order valence-corrected chi connectivity index (χ1v) is 3.47. The Hall–Kier alpha value is -0.00506. The van der Waals surface area contributed by atoms with Crippen LogP contribution >= 0.6 is 0 Å². The van der Waals surface area contributed by atoms with E-state index in [1.54, 1.807) is 0 Å². The molecule has 2 heteroatoms. The van der Waals surface area contributed by atoms with E-state index in [0.29, 0.717) is 0 Å². The lowest BCUT2D eigenvalue weighted by Gasteiger charge is -1.91. The zero-order valence-corrected chi connectivity index (χ0v) is 5.62. The Kier molecular flexibility index (Phi) is 6.99. The van der Waals surface area contributed by atoms with Gasteiger partial charge < -0.3 is 4.32 Å². The van der Waals surface area contributed by atoms with Gasteiger partial charge in [-0.05, 0) is 6.32 Å². The highest BCUT2D eigenvalue weighted by molar-refractivity contribution is 6.25. The Morgan fingerprint density at radius 3 is 2.50 bits per heavy atom. The summed E-state index contributed by atoms with van der Waals surface area (Å²) in [7, 11) is -0.135. The Morgan fingerprint density at radius 2 is 2.00 bits per heavy atom. The number of unbranched alkanes of at least 4 members (excludes halogenated alkanes) is 3. The van der Waals surface area contributed by atoms with Gasteiger partial charge in [0, 0.05) is 0 Å². The molecule has 0 saturated carbocycles. The topological polar surface area (TPSA) is 0 Å². The number of rotatable bonds is 5. The molecule has 0 aromatic heterocycles. The third-order valence-corrected chi connectivity index (χ3v) is 1.24. The fourth-order valence-corrected chi connectivity index (χ4v) is 0.698. The molecule has 0 fully saturated rings. The van der Waals surface area contributed by atoms with Crippen molar-refractivity contribution in [3.8, 4) is 0 Å². The summed E-state index contributed by atoms with van der Waals surface area (Å²) >= 11 is 0. The van der Waals surface area contributed by atoms with E-state index >= 15 is 0 Å². The molecular formula is C6H14BF. The SMILES string of the molecule is CCCCCCBF. The van der Waals surface area contributed by atoms with Crippen LogP contribution in [-0.4, -0.2) is 7.56 Å². The Balaban J connectivity index is 2.53. The molecule has 0 heterocycles. The quantitative estimate of drug-likeness (QED) is 0.382. The molecule has 0 aliphatic rings. The van der Waals surface area contributed by atoms with Crippen molar-refractivity contribution in [1.29, 1.82) is 0 Å². The van der Waals surface area contributed by atoms with Crippen LogP contribution < -0.4 is 0 Å². The first kappa shape index (κ1) is 7.99. The summed E-state index contributed by atoms with van der Waals surface area (Å²) in [5, 5.41) is 0. The van der Waals surface area contributed by atoms with Gasteiger partial charge in [0.25, 0.3) is 0 Å². The van der Waals surface area contributed by atoms with Gasteiger partial charge in [-0.3, -0.25) is 0 Å². The summed E-state index contributed by atoms with van der Waals surface area (Å²) in [6.07, 6.45) is 5.55. The summed E-state index contributed by atoms with van der Waals surface area (Å²) < 4.78 is 11.4. The molecule has 0 radical (unpaired) electrons. The van der Waals surface area contributed by atoms with Crippen LogP contribution in [-0.2, 0) is 0 Å². The molecule has 0 atom stereocenters. The van der Waals surface area contributed by atoms with Gasteiger partial charge in [-0.25, -0.2) is 0 Å².